The molecule has 0 bridgehead atoms. The lowest BCUT2D eigenvalue weighted by atomic mass is 10.1. The van der Waals surface area contributed by atoms with Crippen molar-refractivity contribution < 1.29 is 9.53 Å². The number of amides is 2. The minimum atomic E-state index is -0.417. The number of urea groups is 1. The van der Waals surface area contributed by atoms with E-state index in [4.69, 9.17) is 10.5 Å². The Morgan fingerprint density at radius 1 is 1.73 bits per heavy atom. The van der Waals surface area contributed by atoms with E-state index >= 15 is 0 Å². The summed E-state index contributed by atoms with van der Waals surface area (Å²) in [7, 11) is 0. The van der Waals surface area contributed by atoms with E-state index in [0.29, 0.717) is 6.61 Å². The van der Waals surface area contributed by atoms with Crippen LogP contribution in [-0.4, -0.2) is 29.3 Å². The summed E-state index contributed by atoms with van der Waals surface area (Å²) >= 11 is 0. The Balaban J connectivity index is 2.80. The molecule has 4 nitrogen and oxygen atoms in total. The molecule has 11 heavy (non-hydrogen) atoms. The summed E-state index contributed by atoms with van der Waals surface area (Å²) in [6.45, 7) is 6.24. The molecule has 1 rings (SSSR count). The van der Waals surface area contributed by atoms with E-state index in [1.165, 1.54) is 0 Å². The fourth-order valence-electron chi connectivity index (χ4n) is 1.44. The lowest BCUT2D eigenvalue weighted by Gasteiger charge is -2.29. The molecule has 0 aromatic carbocycles. The van der Waals surface area contributed by atoms with Crippen molar-refractivity contribution >= 4 is 6.03 Å². The van der Waals surface area contributed by atoms with E-state index in [0.717, 1.165) is 0 Å². The summed E-state index contributed by atoms with van der Waals surface area (Å²) in [5.74, 6) is 0. The van der Waals surface area contributed by atoms with Crippen LogP contribution in [0.5, 0.6) is 0 Å². The van der Waals surface area contributed by atoms with E-state index in [2.05, 4.69) is 0 Å². The highest BCUT2D eigenvalue weighted by molar-refractivity contribution is 5.73. The standard InChI is InChI=1S/C7H14N2O2/c1-5-9(6(8)10)7(2,3)4-11-5/h5H,4H2,1-3H3,(H2,8,10). The van der Waals surface area contributed by atoms with Gasteiger partial charge in [0.1, 0.15) is 6.23 Å². The van der Waals surface area contributed by atoms with E-state index in [1.807, 2.05) is 20.8 Å². The molecule has 0 radical (unpaired) electrons. The molecule has 2 N–H and O–H groups in total. The second kappa shape index (κ2) is 2.37. The molecule has 64 valence electrons. The van der Waals surface area contributed by atoms with Crippen LogP contribution in [0.15, 0.2) is 0 Å². The molecule has 1 saturated heterocycles. The molecule has 0 spiro atoms. The summed E-state index contributed by atoms with van der Waals surface area (Å²) in [5, 5.41) is 0. The van der Waals surface area contributed by atoms with Crippen molar-refractivity contribution in [3.8, 4) is 0 Å². The Kier molecular flexibility index (Phi) is 1.80. The van der Waals surface area contributed by atoms with Crippen molar-refractivity contribution in [1.29, 1.82) is 0 Å². The van der Waals surface area contributed by atoms with Crippen molar-refractivity contribution in [3.05, 3.63) is 0 Å². The van der Waals surface area contributed by atoms with Gasteiger partial charge in [-0.15, -0.1) is 0 Å². The lowest BCUT2D eigenvalue weighted by Crippen LogP contribution is -2.49. The summed E-state index contributed by atoms with van der Waals surface area (Å²) in [6.07, 6.45) is -0.192. The zero-order valence-corrected chi connectivity index (χ0v) is 7.13. The lowest BCUT2D eigenvalue weighted by molar-refractivity contribution is 0.0638. The molecule has 0 aliphatic carbocycles. The van der Waals surface area contributed by atoms with E-state index in [9.17, 15) is 4.79 Å². The number of rotatable bonds is 0. The van der Waals surface area contributed by atoms with Gasteiger partial charge < -0.3 is 10.5 Å². The van der Waals surface area contributed by atoms with Gasteiger partial charge in [0.2, 0.25) is 0 Å². The number of nitrogens with two attached hydrogens (primary N) is 1. The Morgan fingerprint density at radius 3 is 2.45 bits per heavy atom. The van der Waals surface area contributed by atoms with Crippen molar-refractivity contribution in [1.82, 2.24) is 4.90 Å². The van der Waals surface area contributed by atoms with Crippen LogP contribution in [-0.2, 0) is 4.74 Å². The molecule has 1 aliphatic rings. The third kappa shape index (κ3) is 1.30. The van der Waals surface area contributed by atoms with Gasteiger partial charge in [0.15, 0.2) is 0 Å². The van der Waals surface area contributed by atoms with Gasteiger partial charge in [-0.3, -0.25) is 4.90 Å². The summed E-state index contributed by atoms with van der Waals surface area (Å²) in [6, 6.07) is -0.417. The number of hydrogen-bond acceptors (Lipinski definition) is 2. The molecule has 0 saturated carbocycles. The van der Waals surface area contributed by atoms with Gasteiger partial charge in [-0.2, -0.15) is 0 Å². The van der Waals surface area contributed by atoms with Crippen molar-refractivity contribution in [2.45, 2.75) is 32.5 Å². The topological polar surface area (TPSA) is 55.6 Å². The predicted molar refractivity (Wildman–Crippen MR) is 40.9 cm³/mol. The van der Waals surface area contributed by atoms with Gasteiger partial charge in [0.25, 0.3) is 0 Å². The van der Waals surface area contributed by atoms with Crippen molar-refractivity contribution in [2.24, 2.45) is 5.73 Å². The van der Waals surface area contributed by atoms with E-state index in [-0.39, 0.29) is 11.8 Å². The fourth-order valence-corrected chi connectivity index (χ4v) is 1.44. The van der Waals surface area contributed by atoms with Gasteiger partial charge in [-0.25, -0.2) is 4.79 Å². The van der Waals surface area contributed by atoms with Gasteiger partial charge in [0, 0.05) is 0 Å². The zero-order valence-electron chi connectivity index (χ0n) is 7.13. The number of carbonyl (C=O) groups excluding carboxylic acids is 1. The molecule has 0 aromatic heterocycles. The van der Waals surface area contributed by atoms with Crippen LogP contribution in [0.25, 0.3) is 0 Å². The first-order chi connectivity index (χ1) is 4.95. The number of hydrogen-bond donors (Lipinski definition) is 1. The van der Waals surface area contributed by atoms with E-state index in [1.54, 1.807) is 4.90 Å². The monoisotopic (exact) mass is 158 g/mol. The van der Waals surface area contributed by atoms with Crippen LogP contribution in [0, 0.1) is 0 Å². The molecule has 0 aromatic rings. The zero-order chi connectivity index (χ0) is 8.65. The molecule has 1 fully saturated rings. The van der Waals surface area contributed by atoms with Crippen molar-refractivity contribution in [3.63, 3.8) is 0 Å². The van der Waals surface area contributed by atoms with Crippen LogP contribution in [0.1, 0.15) is 20.8 Å². The summed E-state index contributed by atoms with van der Waals surface area (Å²) in [4.78, 5) is 12.4. The number of primary amides is 1. The second-order valence-corrected chi connectivity index (χ2v) is 3.43. The first-order valence-corrected chi connectivity index (χ1v) is 3.65. The normalized spacial score (nSPS) is 29.0. The third-order valence-electron chi connectivity index (χ3n) is 1.93. The quantitative estimate of drug-likeness (QED) is 0.558. The van der Waals surface area contributed by atoms with Gasteiger partial charge in [-0.1, -0.05) is 0 Å². The summed E-state index contributed by atoms with van der Waals surface area (Å²) < 4.78 is 5.27. The molecule has 4 heteroatoms. The molecule has 1 unspecified atom stereocenters. The van der Waals surface area contributed by atoms with Gasteiger partial charge in [0.05, 0.1) is 12.1 Å². The van der Waals surface area contributed by atoms with Gasteiger partial charge in [-0.05, 0) is 20.8 Å². The fraction of sp³-hybridized carbons (Fsp3) is 0.857. The maximum Gasteiger partial charge on any atom is 0.317 e. The van der Waals surface area contributed by atoms with Crippen molar-refractivity contribution in [2.75, 3.05) is 6.61 Å². The molecule has 1 aliphatic heterocycles. The third-order valence-corrected chi connectivity index (χ3v) is 1.93. The molecular formula is C7H14N2O2. The largest absolute Gasteiger partial charge is 0.356 e. The predicted octanol–water partition coefficient (Wildman–Crippen LogP) is 0.522. The second-order valence-electron chi connectivity index (χ2n) is 3.43. The van der Waals surface area contributed by atoms with E-state index < -0.39 is 6.03 Å². The van der Waals surface area contributed by atoms with Crippen LogP contribution in [0.4, 0.5) is 4.79 Å². The molecule has 2 amide bonds. The average Bonchev–Trinajstić information content (AvgIpc) is 2.06. The highest BCUT2D eigenvalue weighted by Gasteiger charge is 2.40. The highest BCUT2D eigenvalue weighted by Crippen LogP contribution is 2.25. The Labute approximate surface area is 66.3 Å². The van der Waals surface area contributed by atoms with Crippen LogP contribution in [0.2, 0.25) is 0 Å². The van der Waals surface area contributed by atoms with Crippen LogP contribution in [0.3, 0.4) is 0 Å². The smallest absolute Gasteiger partial charge is 0.317 e. The maximum absolute atomic E-state index is 10.9. The highest BCUT2D eigenvalue weighted by atomic mass is 16.5. The maximum atomic E-state index is 10.9. The molecule has 1 atom stereocenters. The Hall–Kier alpha value is -0.770. The minimum Gasteiger partial charge on any atom is -0.356 e. The minimum absolute atomic E-state index is 0.192. The van der Waals surface area contributed by atoms with Gasteiger partial charge >= 0.3 is 6.03 Å². The average molecular weight is 158 g/mol. The number of ether oxygens (including phenoxy) is 1. The summed E-state index contributed by atoms with van der Waals surface area (Å²) in [5.41, 5.74) is 4.91. The first-order valence-electron chi connectivity index (χ1n) is 3.65. The SMILES string of the molecule is CC1OCC(C)(C)N1C(N)=O. The number of nitrogens with zero attached hydrogens (tertiary/aromatic N) is 1. The molecule has 1 heterocycles. The first kappa shape index (κ1) is 8.33. The van der Waals surface area contributed by atoms with Crippen LogP contribution < -0.4 is 5.73 Å². The number of carbonyl (C=O) groups is 1. The Bertz CT molecular complexity index is 179. The van der Waals surface area contributed by atoms with Crippen LogP contribution >= 0.6 is 0 Å². The molecular weight excluding hydrogens is 144 g/mol. The Morgan fingerprint density at radius 2 is 2.27 bits per heavy atom.